The van der Waals surface area contributed by atoms with Gasteiger partial charge in [0.25, 0.3) is 0 Å². The number of aromatic nitrogens is 2. The molecule has 31 heavy (non-hydrogen) atoms. The third-order valence-corrected chi connectivity index (χ3v) is 6.57. The number of hydrogen-bond donors (Lipinski definition) is 4. The van der Waals surface area contributed by atoms with E-state index in [4.69, 9.17) is 0 Å². The van der Waals surface area contributed by atoms with Gasteiger partial charge in [0.05, 0.1) is 18.2 Å². The van der Waals surface area contributed by atoms with Crippen LogP contribution in [0.2, 0.25) is 0 Å². The molecular formula is C23H28N6O2. The molecule has 0 radical (unpaired) electrons. The Kier molecular flexibility index (Phi) is 5.79. The van der Waals surface area contributed by atoms with Crippen LogP contribution < -0.4 is 16.0 Å². The van der Waals surface area contributed by atoms with Crippen molar-refractivity contribution in [3.8, 4) is 6.07 Å². The number of anilines is 3. The normalized spacial score (nSPS) is 24.1. The predicted molar refractivity (Wildman–Crippen MR) is 119 cm³/mol. The molecule has 2 heterocycles. The third kappa shape index (κ3) is 4.19. The van der Waals surface area contributed by atoms with E-state index in [1.807, 2.05) is 38.1 Å². The number of para-hydroxylation sites is 1. The summed E-state index contributed by atoms with van der Waals surface area (Å²) in [5, 5.41) is 29.3. The number of hydrogen-bond acceptors (Lipinski definition) is 7. The van der Waals surface area contributed by atoms with Gasteiger partial charge in [0.1, 0.15) is 17.5 Å². The van der Waals surface area contributed by atoms with Crippen molar-refractivity contribution in [2.24, 2.45) is 5.41 Å². The smallest absolute Gasteiger partial charge is 0.232 e. The molecule has 1 aromatic heterocycles. The van der Waals surface area contributed by atoms with Gasteiger partial charge < -0.3 is 21.1 Å². The highest BCUT2D eigenvalue weighted by Gasteiger charge is 2.40. The molecule has 1 saturated carbocycles. The first kappa shape index (κ1) is 21.1. The van der Waals surface area contributed by atoms with E-state index < -0.39 is 6.10 Å². The molecule has 3 atom stereocenters. The summed E-state index contributed by atoms with van der Waals surface area (Å²) in [7, 11) is 0. The van der Waals surface area contributed by atoms with E-state index in [0.29, 0.717) is 30.3 Å². The van der Waals surface area contributed by atoms with Crippen molar-refractivity contribution in [2.45, 2.75) is 57.6 Å². The molecule has 0 bridgehead atoms. The molecule has 0 saturated heterocycles. The van der Waals surface area contributed by atoms with Gasteiger partial charge in [0, 0.05) is 23.7 Å². The van der Waals surface area contributed by atoms with E-state index in [9.17, 15) is 15.2 Å². The zero-order valence-electron chi connectivity index (χ0n) is 17.9. The highest BCUT2D eigenvalue weighted by molar-refractivity contribution is 6.02. The Morgan fingerprint density at radius 3 is 2.94 bits per heavy atom. The number of aliphatic hydroxyl groups is 1. The minimum atomic E-state index is -0.399. The highest BCUT2D eigenvalue weighted by Crippen LogP contribution is 2.38. The van der Waals surface area contributed by atoms with Crippen molar-refractivity contribution in [3.63, 3.8) is 0 Å². The molecule has 1 aliphatic heterocycles. The monoisotopic (exact) mass is 420 g/mol. The topological polar surface area (TPSA) is 123 Å². The van der Waals surface area contributed by atoms with Gasteiger partial charge in [0.15, 0.2) is 0 Å². The average molecular weight is 421 g/mol. The van der Waals surface area contributed by atoms with Gasteiger partial charge in [-0.15, -0.1) is 0 Å². The predicted octanol–water partition coefficient (Wildman–Crippen LogP) is 3.24. The minimum Gasteiger partial charge on any atom is -0.392 e. The second kappa shape index (κ2) is 8.52. The maximum Gasteiger partial charge on any atom is 0.232 e. The summed E-state index contributed by atoms with van der Waals surface area (Å²) in [5.74, 6) is 0.673. The van der Waals surface area contributed by atoms with E-state index in [0.717, 1.165) is 30.5 Å². The van der Waals surface area contributed by atoms with Crippen LogP contribution in [0.25, 0.3) is 0 Å². The SMILES string of the molecule is CC1(C)[C@@H](Nc2nc(NCCC3C(=O)Nc4ccccc43)ncc2C#N)CCC[C@@H]1O. The molecule has 0 spiro atoms. The molecule has 1 unspecified atom stereocenters. The zero-order chi connectivity index (χ0) is 22.0. The van der Waals surface area contributed by atoms with Crippen LogP contribution in [0, 0.1) is 16.7 Å². The van der Waals surface area contributed by atoms with Crippen molar-refractivity contribution in [3.05, 3.63) is 41.6 Å². The summed E-state index contributed by atoms with van der Waals surface area (Å²) in [6.07, 6.45) is 4.32. The summed E-state index contributed by atoms with van der Waals surface area (Å²) < 4.78 is 0. The Morgan fingerprint density at radius 2 is 2.13 bits per heavy atom. The lowest BCUT2D eigenvalue weighted by Crippen LogP contribution is -2.48. The number of nitrogens with zero attached hydrogens (tertiary/aromatic N) is 3. The Balaban J connectivity index is 1.43. The summed E-state index contributed by atoms with van der Waals surface area (Å²) in [5.41, 5.74) is 1.92. The number of carbonyl (C=O) groups is 1. The minimum absolute atomic E-state index is 0.00388. The van der Waals surface area contributed by atoms with Crippen LogP contribution in [0.15, 0.2) is 30.5 Å². The van der Waals surface area contributed by atoms with Crippen LogP contribution >= 0.6 is 0 Å². The van der Waals surface area contributed by atoms with Crippen molar-refractivity contribution in [2.75, 3.05) is 22.5 Å². The average Bonchev–Trinajstić information content (AvgIpc) is 3.07. The zero-order valence-corrected chi connectivity index (χ0v) is 17.9. The van der Waals surface area contributed by atoms with Gasteiger partial charge in [-0.05, 0) is 37.3 Å². The van der Waals surface area contributed by atoms with E-state index >= 15 is 0 Å². The van der Waals surface area contributed by atoms with Gasteiger partial charge in [-0.3, -0.25) is 4.79 Å². The van der Waals surface area contributed by atoms with Gasteiger partial charge in [-0.1, -0.05) is 32.0 Å². The number of aliphatic hydroxyl groups excluding tert-OH is 1. The van der Waals surface area contributed by atoms with Crippen molar-refractivity contribution < 1.29 is 9.90 Å². The second-order valence-corrected chi connectivity index (χ2v) is 8.88. The maximum atomic E-state index is 12.3. The largest absolute Gasteiger partial charge is 0.392 e. The van der Waals surface area contributed by atoms with Crippen LogP contribution in [0.3, 0.4) is 0 Å². The third-order valence-electron chi connectivity index (χ3n) is 6.57. The first-order chi connectivity index (χ1) is 14.9. The lowest BCUT2D eigenvalue weighted by molar-refractivity contribution is -0.117. The standard InChI is InChI=1S/C23H28N6O2/c1-23(2)18(8-5-9-19(23)30)28-20-14(12-24)13-26-22(29-20)25-11-10-16-15-6-3-4-7-17(15)27-21(16)31/h3-4,6-7,13,16,18-19,30H,5,8-11H2,1-2H3,(H,27,31)(H2,25,26,28,29)/t16?,18-,19-/m0/s1. The van der Waals surface area contributed by atoms with Crippen molar-refractivity contribution >= 4 is 23.4 Å². The first-order valence-electron chi connectivity index (χ1n) is 10.8. The molecule has 8 nitrogen and oxygen atoms in total. The molecule has 4 N–H and O–H groups in total. The first-order valence-corrected chi connectivity index (χ1v) is 10.8. The number of nitrogens with one attached hydrogen (secondary N) is 3. The van der Waals surface area contributed by atoms with Crippen LogP contribution in [0.4, 0.5) is 17.5 Å². The number of rotatable bonds is 6. The molecule has 1 aliphatic carbocycles. The van der Waals surface area contributed by atoms with Gasteiger partial charge in [-0.25, -0.2) is 4.98 Å². The summed E-state index contributed by atoms with van der Waals surface area (Å²) in [4.78, 5) is 21.0. The number of nitriles is 1. The lowest BCUT2D eigenvalue weighted by Gasteiger charge is -2.43. The maximum absolute atomic E-state index is 12.3. The van der Waals surface area contributed by atoms with Crippen LogP contribution in [-0.2, 0) is 4.79 Å². The van der Waals surface area contributed by atoms with Crippen LogP contribution in [0.5, 0.6) is 0 Å². The lowest BCUT2D eigenvalue weighted by atomic mass is 9.71. The number of carbonyl (C=O) groups excluding carboxylic acids is 1. The van der Waals surface area contributed by atoms with E-state index in [1.54, 1.807) is 0 Å². The summed E-state index contributed by atoms with van der Waals surface area (Å²) >= 11 is 0. The van der Waals surface area contributed by atoms with Crippen LogP contribution in [-0.4, -0.2) is 39.7 Å². The molecule has 1 aromatic carbocycles. The Labute approximate surface area is 182 Å². The van der Waals surface area contributed by atoms with E-state index in [2.05, 4.69) is 32.0 Å². The Bertz CT molecular complexity index is 1020. The summed E-state index contributed by atoms with van der Waals surface area (Å²) in [6, 6.07) is 9.87. The van der Waals surface area contributed by atoms with Crippen LogP contribution in [0.1, 0.15) is 56.6 Å². The van der Waals surface area contributed by atoms with Gasteiger partial charge in [-0.2, -0.15) is 10.2 Å². The Morgan fingerprint density at radius 1 is 1.32 bits per heavy atom. The fourth-order valence-electron chi connectivity index (χ4n) is 4.46. The fourth-order valence-corrected chi connectivity index (χ4v) is 4.46. The quantitative estimate of drug-likeness (QED) is 0.566. The molecule has 8 heteroatoms. The molecule has 1 fully saturated rings. The second-order valence-electron chi connectivity index (χ2n) is 8.88. The van der Waals surface area contributed by atoms with Gasteiger partial charge in [0.2, 0.25) is 11.9 Å². The Hall–Kier alpha value is -3.18. The van der Waals surface area contributed by atoms with Crippen molar-refractivity contribution in [1.82, 2.24) is 9.97 Å². The molecule has 2 aliphatic rings. The summed E-state index contributed by atoms with van der Waals surface area (Å²) in [6.45, 7) is 4.59. The number of fused-ring (bicyclic) bond motifs is 1. The molecule has 4 rings (SSSR count). The fraction of sp³-hybridized carbons (Fsp3) is 0.478. The number of amides is 1. The van der Waals surface area contributed by atoms with E-state index in [1.165, 1.54) is 6.20 Å². The molecule has 2 aromatic rings. The number of benzene rings is 1. The van der Waals surface area contributed by atoms with E-state index in [-0.39, 0.29) is 23.3 Å². The molecule has 1 amide bonds. The van der Waals surface area contributed by atoms with Gasteiger partial charge >= 0.3 is 0 Å². The molecule has 162 valence electrons. The van der Waals surface area contributed by atoms with Crippen molar-refractivity contribution in [1.29, 1.82) is 5.26 Å². The molecular weight excluding hydrogens is 392 g/mol. The highest BCUT2D eigenvalue weighted by atomic mass is 16.3.